The smallest absolute Gasteiger partial charge is 0.318 e. The van der Waals surface area contributed by atoms with E-state index >= 15 is 0 Å². The Bertz CT molecular complexity index is 791. The second kappa shape index (κ2) is 7.85. The molecule has 0 bridgehead atoms. The zero-order chi connectivity index (χ0) is 18.7. The fraction of sp³-hybridized carbons (Fsp3) is 0.474. The molecule has 140 valence electrons. The number of nitrogens with zero attached hydrogens (tertiary/aromatic N) is 2. The number of amides is 2. The van der Waals surface area contributed by atoms with Crippen molar-refractivity contribution in [3.05, 3.63) is 52.7 Å². The maximum atomic E-state index is 13.9. The Hall–Kier alpha value is -2.44. The number of benzene rings is 1. The molecule has 0 saturated carbocycles. The highest BCUT2D eigenvalue weighted by Crippen LogP contribution is 2.23. The van der Waals surface area contributed by atoms with Crippen LogP contribution in [-0.4, -0.2) is 28.5 Å². The molecule has 1 aliphatic rings. The number of hydrogen-bond acceptors (Lipinski definition) is 3. The Morgan fingerprint density at radius 1 is 1.42 bits per heavy atom. The Morgan fingerprint density at radius 3 is 2.96 bits per heavy atom. The van der Waals surface area contributed by atoms with E-state index in [0.29, 0.717) is 36.6 Å². The van der Waals surface area contributed by atoms with Crippen molar-refractivity contribution in [2.24, 2.45) is 0 Å². The van der Waals surface area contributed by atoms with Gasteiger partial charge in [0.05, 0.1) is 12.2 Å². The molecule has 0 spiro atoms. The van der Waals surface area contributed by atoms with Crippen LogP contribution >= 0.6 is 0 Å². The molecule has 7 heteroatoms. The maximum absolute atomic E-state index is 13.9. The van der Waals surface area contributed by atoms with Crippen LogP contribution in [0.1, 0.15) is 42.7 Å². The number of aromatic nitrogens is 1. The molecule has 5 nitrogen and oxygen atoms in total. The number of carbonyl (C=O) groups is 1. The lowest BCUT2D eigenvalue weighted by Gasteiger charge is -2.25. The van der Waals surface area contributed by atoms with Gasteiger partial charge in [-0.15, -0.1) is 0 Å². The summed E-state index contributed by atoms with van der Waals surface area (Å²) in [7, 11) is 0. The molecular weight excluding hydrogens is 340 g/mol. The molecular formula is C19H23F2N3O2. The van der Waals surface area contributed by atoms with E-state index in [1.54, 1.807) is 11.0 Å². The van der Waals surface area contributed by atoms with Crippen molar-refractivity contribution in [2.45, 2.75) is 52.1 Å². The van der Waals surface area contributed by atoms with Gasteiger partial charge in [0.2, 0.25) is 0 Å². The Morgan fingerprint density at radius 2 is 2.23 bits per heavy atom. The fourth-order valence-corrected chi connectivity index (χ4v) is 3.34. The lowest BCUT2D eigenvalue weighted by Crippen LogP contribution is -2.43. The van der Waals surface area contributed by atoms with E-state index in [1.807, 2.05) is 13.8 Å². The standard InChI is InChI=1S/C19H23F2N3O2/c1-3-17-23-12(2)16(26-17)11-22-19(25)24-9-5-7-14(24)10-13-6-4-8-15(20)18(13)21/h4,6,8,14H,3,5,7,9-11H2,1-2H3,(H,22,25). The molecule has 1 saturated heterocycles. The monoisotopic (exact) mass is 363 g/mol. The largest absolute Gasteiger partial charge is 0.444 e. The first-order chi connectivity index (χ1) is 12.5. The quantitative estimate of drug-likeness (QED) is 0.880. The molecule has 2 aromatic rings. The van der Waals surface area contributed by atoms with Crippen LogP contribution in [0.15, 0.2) is 22.6 Å². The molecule has 3 rings (SSSR count). The van der Waals surface area contributed by atoms with E-state index in [1.165, 1.54) is 6.07 Å². The zero-order valence-electron chi connectivity index (χ0n) is 15.0. The van der Waals surface area contributed by atoms with Crippen LogP contribution in [0, 0.1) is 18.6 Å². The number of aryl methyl sites for hydroxylation is 2. The van der Waals surface area contributed by atoms with E-state index in [9.17, 15) is 13.6 Å². The third-order valence-electron chi connectivity index (χ3n) is 4.76. The fourth-order valence-electron chi connectivity index (χ4n) is 3.34. The summed E-state index contributed by atoms with van der Waals surface area (Å²) < 4.78 is 32.9. The normalized spacial score (nSPS) is 16.9. The van der Waals surface area contributed by atoms with Crippen molar-refractivity contribution in [3.63, 3.8) is 0 Å². The van der Waals surface area contributed by atoms with Crippen molar-refractivity contribution in [2.75, 3.05) is 6.54 Å². The summed E-state index contributed by atoms with van der Waals surface area (Å²) >= 11 is 0. The van der Waals surface area contributed by atoms with Crippen LogP contribution in [0.5, 0.6) is 0 Å². The molecule has 1 unspecified atom stereocenters. The van der Waals surface area contributed by atoms with Gasteiger partial charge in [-0.05, 0) is 37.8 Å². The zero-order valence-corrected chi connectivity index (χ0v) is 15.0. The number of oxazole rings is 1. The second-order valence-corrected chi connectivity index (χ2v) is 6.53. The lowest BCUT2D eigenvalue weighted by atomic mass is 10.0. The minimum atomic E-state index is -0.857. The summed E-state index contributed by atoms with van der Waals surface area (Å²) in [5, 5.41) is 2.85. The highest BCUT2D eigenvalue weighted by atomic mass is 19.2. The SMILES string of the molecule is CCc1nc(C)c(CNC(=O)N2CCCC2Cc2cccc(F)c2F)o1. The number of rotatable bonds is 5. The van der Waals surface area contributed by atoms with Crippen LogP contribution in [0.3, 0.4) is 0 Å². The van der Waals surface area contributed by atoms with Crippen LogP contribution in [0.25, 0.3) is 0 Å². The summed E-state index contributed by atoms with van der Waals surface area (Å²) in [6.45, 7) is 4.65. The first kappa shape index (κ1) is 18.4. The third kappa shape index (κ3) is 3.86. The Labute approximate surface area is 151 Å². The van der Waals surface area contributed by atoms with Crippen molar-refractivity contribution in [1.29, 1.82) is 0 Å². The maximum Gasteiger partial charge on any atom is 0.318 e. The summed E-state index contributed by atoms with van der Waals surface area (Å²) in [6.07, 6.45) is 2.61. The van der Waals surface area contributed by atoms with Gasteiger partial charge in [0.1, 0.15) is 5.76 Å². The van der Waals surface area contributed by atoms with Gasteiger partial charge in [0, 0.05) is 19.0 Å². The molecule has 0 radical (unpaired) electrons. The highest BCUT2D eigenvalue weighted by molar-refractivity contribution is 5.74. The molecule has 1 aromatic carbocycles. The Balaban J connectivity index is 1.62. The van der Waals surface area contributed by atoms with Gasteiger partial charge in [0.15, 0.2) is 17.5 Å². The molecule has 1 atom stereocenters. The molecule has 1 fully saturated rings. The lowest BCUT2D eigenvalue weighted by molar-refractivity contribution is 0.190. The third-order valence-corrected chi connectivity index (χ3v) is 4.76. The van der Waals surface area contributed by atoms with Gasteiger partial charge in [-0.3, -0.25) is 0 Å². The first-order valence-corrected chi connectivity index (χ1v) is 8.92. The van der Waals surface area contributed by atoms with Crippen molar-refractivity contribution < 1.29 is 18.0 Å². The van der Waals surface area contributed by atoms with E-state index in [4.69, 9.17) is 4.42 Å². The predicted molar refractivity (Wildman–Crippen MR) is 92.6 cm³/mol. The minimum absolute atomic E-state index is 0.145. The molecule has 2 heterocycles. The van der Waals surface area contributed by atoms with Crippen molar-refractivity contribution in [1.82, 2.24) is 15.2 Å². The molecule has 0 aliphatic carbocycles. The van der Waals surface area contributed by atoms with E-state index < -0.39 is 11.6 Å². The van der Waals surface area contributed by atoms with Crippen molar-refractivity contribution >= 4 is 6.03 Å². The first-order valence-electron chi connectivity index (χ1n) is 8.92. The molecule has 26 heavy (non-hydrogen) atoms. The number of likely N-dealkylation sites (tertiary alicyclic amines) is 1. The van der Waals surface area contributed by atoms with Crippen LogP contribution in [0.2, 0.25) is 0 Å². The number of carbonyl (C=O) groups excluding carboxylic acids is 1. The van der Waals surface area contributed by atoms with Crippen LogP contribution in [-0.2, 0) is 19.4 Å². The van der Waals surface area contributed by atoms with E-state index in [0.717, 1.165) is 24.6 Å². The van der Waals surface area contributed by atoms with Gasteiger partial charge in [0.25, 0.3) is 0 Å². The molecule has 1 N–H and O–H groups in total. The van der Waals surface area contributed by atoms with Gasteiger partial charge >= 0.3 is 6.03 Å². The van der Waals surface area contributed by atoms with E-state index in [2.05, 4.69) is 10.3 Å². The minimum Gasteiger partial charge on any atom is -0.444 e. The average Bonchev–Trinajstić information content (AvgIpc) is 3.23. The number of hydrogen-bond donors (Lipinski definition) is 1. The average molecular weight is 363 g/mol. The van der Waals surface area contributed by atoms with Crippen molar-refractivity contribution in [3.8, 4) is 0 Å². The van der Waals surface area contributed by atoms with E-state index in [-0.39, 0.29) is 18.6 Å². The molecule has 1 aromatic heterocycles. The second-order valence-electron chi connectivity index (χ2n) is 6.53. The van der Waals surface area contributed by atoms with Gasteiger partial charge in [-0.2, -0.15) is 0 Å². The number of nitrogens with one attached hydrogen (secondary N) is 1. The van der Waals surface area contributed by atoms with Gasteiger partial charge in [-0.25, -0.2) is 18.6 Å². The van der Waals surface area contributed by atoms with Crippen LogP contribution in [0.4, 0.5) is 13.6 Å². The summed E-state index contributed by atoms with van der Waals surface area (Å²) in [5.41, 5.74) is 1.07. The summed E-state index contributed by atoms with van der Waals surface area (Å²) in [6, 6.07) is 3.79. The summed E-state index contributed by atoms with van der Waals surface area (Å²) in [4.78, 5) is 18.5. The van der Waals surface area contributed by atoms with Crippen LogP contribution < -0.4 is 5.32 Å². The Kier molecular flexibility index (Phi) is 5.54. The molecule has 1 aliphatic heterocycles. The predicted octanol–water partition coefficient (Wildman–Crippen LogP) is 3.74. The highest BCUT2D eigenvalue weighted by Gasteiger charge is 2.30. The number of urea groups is 1. The summed E-state index contributed by atoms with van der Waals surface area (Å²) in [5.74, 6) is -0.400. The van der Waals surface area contributed by atoms with Gasteiger partial charge in [-0.1, -0.05) is 19.1 Å². The molecule has 2 amide bonds. The van der Waals surface area contributed by atoms with Gasteiger partial charge < -0.3 is 14.6 Å². The topological polar surface area (TPSA) is 58.4 Å². The number of halogens is 2.